The summed E-state index contributed by atoms with van der Waals surface area (Å²) in [5, 5.41) is 5.85. The average molecular weight is 361 g/mol. The van der Waals surface area contributed by atoms with E-state index in [4.69, 9.17) is 9.47 Å². The van der Waals surface area contributed by atoms with Gasteiger partial charge in [-0.15, -0.1) is 0 Å². The highest BCUT2D eigenvalue weighted by Crippen LogP contribution is 2.38. The molecule has 2 unspecified atom stereocenters. The van der Waals surface area contributed by atoms with Gasteiger partial charge in [-0.3, -0.25) is 14.5 Å². The van der Waals surface area contributed by atoms with Crippen molar-refractivity contribution in [3.63, 3.8) is 0 Å². The van der Waals surface area contributed by atoms with Crippen LogP contribution in [0.25, 0.3) is 0 Å². The van der Waals surface area contributed by atoms with E-state index < -0.39 is 0 Å². The summed E-state index contributed by atoms with van der Waals surface area (Å²) >= 11 is 0. The Morgan fingerprint density at radius 3 is 2.58 bits per heavy atom. The highest BCUT2D eigenvalue weighted by Gasteiger charge is 2.47. The van der Waals surface area contributed by atoms with Crippen molar-refractivity contribution >= 4 is 11.8 Å². The highest BCUT2D eigenvalue weighted by atomic mass is 16.5. The van der Waals surface area contributed by atoms with Gasteiger partial charge in [0.2, 0.25) is 11.8 Å². The summed E-state index contributed by atoms with van der Waals surface area (Å²) < 4.78 is 10.6. The maximum Gasteiger partial charge on any atom is 0.224 e. The van der Waals surface area contributed by atoms with Crippen LogP contribution >= 0.6 is 0 Å². The summed E-state index contributed by atoms with van der Waals surface area (Å²) in [6, 6.07) is 7.58. The van der Waals surface area contributed by atoms with Crippen LogP contribution in [0.15, 0.2) is 24.3 Å². The maximum absolute atomic E-state index is 12.3. The summed E-state index contributed by atoms with van der Waals surface area (Å²) in [6.45, 7) is 5.18. The molecule has 1 heterocycles. The number of carbonyl (C=O) groups is 2. The Labute approximate surface area is 154 Å². The molecule has 0 radical (unpaired) electrons. The number of ether oxygens (including phenoxy) is 2. The second-order valence-corrected chi connectivity index (χ2v) is 6.72. The summed E-state index contributed by atoms with van der Waals surface area (Å²) in [7, 11) is 1.61. The number of carbonyl (C=O) groups excluding carboxylic acids is 2. The molecule has 2 N–H and O–H groups in total. The number of para-hydroxylation sites is 1. The fourth-order valence-corrected chi connectivity index (χ4v) is 3.23. The molecule has 2 amide bonds. The second-order valence-electron chi connectivity index (χ2n) is 6.72. The van der Waals surface area contributed by atoms with E-state index in [1.165, 1.54) is 0 Å². The molecule has 2 fully saturated rings. The number of morpholine rings is 1. The Morgan fingerprint density at radius 2 is 1.85 bits per heavy atom. The number of nitrogens with one attached hydrogen (secondary N) is 2. The smallest absolute Gasteiger partial charge is 0.224 e. The van der Waals surface area contributed by atoms with Gasteiger partial charge in [0.25, 0.3) is 0 Å². The molecule has 1 saturated carbocycles. The molecule has 1 aliphatic carbocycles. The lowest BCUT2D eigenvalue weighted by atomic mass is 10.2. The van der Waals surface area contributed by atoms with Gasteiger partial charge >= 0.3 is 0 Å². The summed E-state index contributed by atoms with van der Waals surface area (Å²) in [5.41, 5.74) is 0.926. The quantitative estimate of drug-likeness (QED) is 0.701. The summed E-state index contributed by atoms with van der Waals surface area (Å²) in [5.74, 6) is 0.256. The standard InChI is InChI=1S/C19H27N3O4/c1-25-17-5-3-2-4-14(17)13-21-19(24)16-12-15(16)18(23)20-6-7-22-8-10-26-11-9-22/h2-5,15-16H,6-13H2,1H3,(H,20,23)(H,21,24). The molecule has 142 valence electrons. The fraction of sp³-hybridized carbons (Fsp3) is 0.579. The number of benzene rings is 1. The molecule has 7 heteroatoms. The molecular weight excluding hydrogens is 334 g/mol. The van der Waals surface area contributed by atoms with Gasteiger partial charge in [0.15, 0.2) is 0 Å². The van der Waals surface area contributed by atoms with Crippen molar-refractivity contribution in [2.75, 3.05) is 46.5 Å². The summed E-state index contributed by atoms with van der Waals surface area (Å²) in [4.78, 5) is 26.7. The third kappa shape index (κ3) is 4.95. The Kier molecular flexibility index (Phi) is 6.46. The molecule has 1 aromatic carbocycles. The van der Waals surface area contributed by atoms with Crippen molar-refractivity contribution in [2.45, 2.75) is 13.0 Å². The molecule has 7 nitrogen and oxygen atoms in total. The number of amides is 2. The van der Waals surface area contributed by atoms with E-state index in [0.29, 0.717) is 19.5 Å². The molecule has 26 heavy (non-hydrogen) atoms. The fourth-order valence-electron chi connectivity index (χ4n) is 3.23. The lowest BCUT2D eigenvalue weighted by Crippen LogP contribution is -2.41. The SMILES string of the molecule is COc1ccccc1CNC(=O)C1CC1C(=O)NCCN1CCOCC1. The van der Waals surface area contributed by atoms with Gasteiger partial charge in [0.05, 0.1) is 32.2 Å². The molecule has 0 aromatic heterocycles. The van der Waals surface area contributed by atoms with Crippen molar-refractivity contribution in [3.8, 4) is 5.75 Å². The minimum absolute atomic E-state index is 0.0179. The third-order valence-corrected chi connectivity index (χ3v) is 4.94. The van der Waals surface area contributed by atoms with Gasteiger partial charge in [0, 0.05) is 38.3 Å². The molecular formula is C19H27N3O4. The predicted octanol–water partition coefficient (Wildman–Crippen LogP) is 0.396. The van der Waals surface area contributed by atoms with E-state index in [2.05, 4.69) is 15.5 Å². The molecule has 1 aliphatic heterocycles. The van der Waals surface area contributed by atoms with Crippen LogP contribution in [0, 0.1) is 11.8 Å². The van der Waals surface area contributed by atoms with Crippen LogP contribution in [0.5, 0.6) is 5.75 Å². The number of nitrogens with zero attached hydrogens (tertiary/aromatic N) is 1. The van der Waals surface area contributed by atoms with Crippen LogP contribution in [0.3, 0.4) is 0 Å². The third-order valence-electron chi connectivity index (χ3n) is 4.94. The van der Waals surface area contributed by atoms with Crippen LogP contribution in [-0.2, 0) is 20.9 Å². The minimum atomic E-state index is -0.215. The van der Waals surface area contributed by atoms with E-state index in [0.717, 1.165) is 44.2 Å². The minimum Gasteiger partial charge on any atom is -0.496 e. The van der Waals surface area contributed by atoms with Gasteiger partial charge in [-0.2, -0.15) is 0 Å². The molecule has 3 rings (SSSR count). The first kappa shape index (κ1) is 18.7. The van der Waals surface area contributed by atoms with Gasteiger partial charge in [-0.25, -0.2) is 0 Å². The van der Waals surface area contributed by atoms with Crippen molar-refractivity contribution < 1.29 is 19.1 Å². The lowest BCUT2D eigenvalue weighted by Gasteiger charge is -2.26. The molecule has 2 atom stereocenters. The zero-order valence-corrected chi connectivity index (χ0v) is 15.2. The largest absolute Gasteiger partial charge is 0.496 e. The first-order valence-corrected chi connectivity index (χ1v) is 9.16. The summed E-state index contributed by atoms with van der Waals surface area (Å²) in [6.07, 6.45) is 0.626. The normalized spacial score (nSPS) is 22.5. The van der Waals surface area contributed by atoms with Gasteiger partial charge in [-0.1, -0.05) is 18.2 Å². The van der Waals surface area contributed by atoms with E-state index >= 15 is 0 Å². The topological polar surface area (TPSA) is 79.9 Å². The van der Waals surface area contributed by atoms with Crippen molar-refractivity contribution in [1.82, 2.24) is 15.5 Å². The monoisotopic (exact) mass is 361 g/mol. The van der Waals surface area contributed by atoms with E-state index in [9.17, 15) is 9.59 Å². The van der Waals surface area contributed by atoms with Crippen molar-refractivity contribution in [2.24, 2.45) is 11.8 Å². The van der Waals surface area contributed by atoms with Gasteiger partial charge < -0.3 is 20.1 Å². The molecule has 0 bridgehead atoms. The van der Waals surface area contributed by atoms with Crippen LogP contribution < -0.4 is 15.4 Å². The first-order valence-electron chi connectivity index (χ1n) is 9.16. The number of rotatable bonds is 8. The Morgan fingerprint density at radius 1 is 1.15 bits per heavy atom. The predicted molar refractivity (Wildman–Crippen MR) is 96.7 cm³/mol. The molecule has 2 aliphatic rings. The van der Waals surface area contributed by atoms with Crippen molar-refractivity contribution in [1.29, 1.82) is 0 Å². The Bertz CT molecular complexity index is 631. The Balaban J connectivity index is 1.36. The highest BCUT2D eigenvalue weighted by molar-refractivity contribution is 5.92. The van der Waals surface area contributed by atoms with E-state index in [1.54, 1.807) is 7.11 Å². The van der Waals surface area contributed by atoms with Crippen LogP contribution in [-0.4, -0.2) is 63.2 Å². The molecule has 0 spiro atoms. The first-order chi connectivity index (χ1) is 12.7. The number of hydrogen-bond donors (Lipinski definition) is 2. The van der Waals surface area contributed by atoms with Crippen LogP contribution in [0.1, 0.15) is 12.0 Å². The maximum atomic E-state index is 12.3. The lowest BCUT2D eigenvalue weighted by molar-refractivity contribution is -0.127. The average Bonchev–Trinajstić information content (AvgIpc) is 3.48. The number of hydrogen-bond acceptors (Lipinski definition) is 5. The van der Waals surface area contributed by atoms with E-state index in [-0.39, 0.29) is 23.7 Å². The van der Waals surface area contributed by atoms with Crippen LogP contribution in [0.2, 0.25) is 0 Å². The van der Waals surface area contributed by atoms with E-state index in [1.807, 2.05) is 24.3 Å². The molecule has 1 saturated heterocycles. The number of methoxy groups -OCH3 is 1. The van der Waals surface area contributed by atoms with Gasteiger partial charge in [0.1, 0.15) is 5.75 Å². The zero-order chi connectivity index (χ0) is 18.4. The second kappa shape index (κ2) is 9.00. The zero-order valence-electron chi connectivity index (χ0n) is 15.2. The Hall–Kier alpha value is -2.12. The van der Waals surface area contributed by atoms with Crippen LogP contribution in [0.4, 0.5) is 0 Å². The van der Waals surface area contributed by atoms with Crippen molar-refractivity contribution in [3.05, 3.63) is 29.8 Å². The van der Waals surface area contributed by atoms with Gasteiger partial charge in [-0.05, 0) is 12.5 Å². The molecule has 1 aromatic rings.